The van der Waals surface area contributed by atoms with Crippen molar-refractivity contribution in [3.63, 3.8) is 0 Å². The first-order valence-electron chi connectivity index (χ1n) is 7.42. The molecule has 0 spiro atoms. The Morgan fingerprint density at radius 2 is 1.92 bits per heavy atom. The van der Waals surface area contributed by atoms with Crippen LogP contribution in [0.2, 0.25) is 0 Å². The summed E-state index contributed by atoms with van der Waals surface area (Å²) in [5.74, 6) is 0.175. The van der Waals surface area contributed by atoms with Gasteiger partial charge >= 0.3 is 0 Å². The molecule has 8 heteroatoms. The zero-order chi connectivity index (χ0) is 18.8. The number of imide groups is 1. The predicted octanol–water partition coefficient (Wildman–Crippen LogP) is 1.81. The fourth-order valence-corrected chi connectivity index (χ4v) is 2.64. The Morgan fingerprint density at radius 3 is 2.62 bits per heavy atom. The highest BCUT2D eigenvalue weighted by Gasteiger charge is 2.41. The van der Waals surface area contributed by atoms with Gasteiger partial charge in [-0.3, -0.25) is 29.4 Å². The molecule has 0 aliphatic carbocycles. The Kier molecular flexibility index (Phi) is 4.21. The molecule has 0 saturated heterocycles. The number of anilines is 1. The first kappa shape index (κ1) is 16.9. The SMILES string of the molecule is C#Cc1cccc(NC(=O)CN2C(=O)c3cccc([N+](=O)[O-])c3C2=O)c1. The zero-order valence-corrected chi connectivity index (χ0v) is 13.3. The maximum Gasteiger partial charge on any atom is 0.282 e. The van der Waals surface area contributed by atoms with Crippen LogP contribution < -0.4 is 5.32 Å². The van der Waals surface area contributed by atoms with Crippen LogP contribution in [-0.4, -0.2) is 34.1 Å². The van der Waals surface area contributed by atoms with Gasteiger partial charge in [-0.1, -0.05) is 18.1 Å². The molecular formula is C18H11N3O5. The highest BCUT2D eigenvalue weighted by Crippen LogP contribution is 2.30. The molecule has 0 fully saturated rings. The number of fused-ring (bicyclic) bond motifs is 1. The third kappa shape index (κ3) is 2.89. The molecule has 2 aromatic rings. The van der Waals surface area contributed by atoms with Gasteiger partial charge in [0.25, 0.3) is 17.5 Å². The number of carbonyl (C=O) groups excluding carboxylic acids is 3. The van der Waals surface area contributed by atoms with Crippen molar-refractivity contribution in [2.75, 3.05) is 11.9 Å². The summed E-state index contributed by atoms with van der Waals surface area (Å²) in [5.41, 5.74) is 0.105. The lowest BCUT2D eigenvalue weighted by Crippen LogP contribution is -2.37. The van der Waals surface area contributed by atoms with E-state index in [4.69, 9.17) is 6.42 Å². The van der Waals surface area contributed by atoms with E-state index in [0.717, 1.165) is 6.07 Å². The number of amides is 3. The number of nitro groups is 1. The van der Waals surface area contributed by atoms with Crippen molar-refractivity contribution in [2.45, 2.75) is 0 Å². The number of terminal acetylenes is 1. The van der Waals surface area contributed by atoms with E-state index in [9.17, 15) is 24.5 Å². The van der Waals surface area contributed by atoms with Gasteiger partial charge in [0.2, 0.25) is 5.91 Å². The minimum atomic E-state index is -0.871. The molecule has 1 N–H and O–H groups in total. The van der Waals surface area contributed by atoms with Crippen molar-refractivity contribution in [1.29, 1.82) is 0 Å². The van der Waals surface area contributed by atoms with Crippen molar-refractivity contribution < 1.29 is 19.3 Å². The molecule has 1 heterocycles. The summed E-state index contributed by atoms with van der Waals surface area (Å²) in [6.45, 7) is -0.566. The van der Waals surface area contributed by atoms with Gasteiger partial charge in [0, 0.05) is 17.3 Å². The average molecular weight is 349 g/mol. The van der Waals surface area contributed by atoms with E-state index in [1.807, 2.05) is 0 Å². The predicted molar refractivity (Wildman–Crippen MR) is 91.5 cm³/mol. The normalized spacial score (nSPS) is 12.5. The molecule has 3 rings (SSSR count). The lowest BCUT2D eigenvalue weighted by atomic mass is 10.1. The molecule has 128 valence electrons. The average Bonchev–Trinajstić information content (AvgIpc) is 2.86. The topological polar surface area (TPSA) is 110 Å². The van der Waals surface area contributed by atoms with Crippen LogP contribution in [0.4, 0.5) is 11.4 Å². The Bertz CT molecular complexity index is 1010. The van der Waals surface area contributed by atoms with Crippen molar-refractivity contribution >= 4 is 29.1 Å². The van der Waals surface area contributed by atoms with Crippen LogP contribution in [-0.2, 0) is 4.79 Å². The number of hydrogen-bond donors (Lipinski definition) is 1. The molecule has 8 nitrogen and oxygen atoms in total. The lowest BCUT2D eigenvalue weighted by molar-refractivity contribution is -0.385. The Balaban J connectivity index is 1.81. The molecule has 1 aliphatic rings. The third-order valence-electron chi connectivity index (χ3n) is 3.79. The Labute approximate surface area is 147 Å². The lowest BCUT2D eigenvalue weighted by Gasteiger charge is -2.13. The fourth-order valence-electron chi connectivity index (χ4n) is 2.64. The number of nitro benzene ring substituents is 1. The highest BCUT2D eigenvalue weighted by molar-refractivity contribution is 6.24. The van der Waals surface area contributed by atoms with Gasteiger partial charge in [0.1, 0.15) is 12.1 Å². The Hall–Kier alpha value is -3.99. The van der Waals surface area contributed by atoms with Gasteiger partial charge in [-0.15, -0.1) is 6.42 Å². The van der Waals surface area contributed by atoms with Crippen molar-refractivity contribution in [3.8, 4) is 12.3 Å². The second kappa shape index (κ2) is 6.49. The van der Waals surface area contributed by atoms with Gasteiger partial charge < -0.3 is 5.32 Å². The quantitative estimate of drug-likeness (QED) is 0.392. The van der Waals surface area contributed by atoms with Gasteiger partial charge in [-0.2, -0.15) is 0 Å². The largest absolute Gasteiger partial charge is 0.324 e. The minimum Gasteiger partial charge on any atom is -0.324 e. The molecule has 1 aliphatic heterocycles. The maximum atomic E-state index is 12.4. The summed E-state index contributed by atoms with van der Waals surface area (Å²) in [6.07, 6.45) is 5.29. The summed E-state index contributed by atoms with van der Waals surface area (Å²) < 4.78 is 0. The number of hydrogen-bond acceptors (Lipinski definition) is 5. The van der Waals surface area contributed by atoms with E-state index >= 15 is 0 Å². The van der Waals surface area contributed by atoms with Crippen LogP contribution in [0, 0.1) is 22.5 Å². The molecule has 0 atom stereocenters. The second-order valence-corrected chi connectivity index (χ2v) is 5.43. The highest BCUT2D eigenvalue weighted by atomic mass is 16.6. The van der Waals surface area contributed by atoms with E-state index in [1.54, 1.807) is 24.3 Å². The second-order valence-electron chi connectivity index (χ2n) is 5.43. The molecule has 0 unspecified atom stereocenters. The number of nitrogens with zero attached hydrogens (tertiary/aromatic N) is 2. The van der Waals surface area contributed by atoms with Crippen LogP contribution in [0.25, 0.3) is 0 Å². The van der Waals surface area contributed by atoms with Crippen molar-refractivity contribution in [3.05, 3.63) is 69.3 Å². The van der Waals surface area contributed by atoms with Crippen LogP contribution >= 0.6 is 0 Å². The summed E-state index contributed by atoms with van der Waals surface area (Å²) >= 11 is 0. The molecule has 0 radical (unpaired) electrons. The number of rotatable bonds is 4. The van der Waals surface area contributed by atoms with Gasteiger partial charge in [0.05, 0.1) is 10.5 Å². The number of carbonyl (C=O) groups is 3. The van der Waals surface area contributed by atoms with E-state index in [1.165, 1.54) is 12.1 Å². The van der Waals surface area contributed by atoms with E-state index in [0.29, 0.717) is 16.2 Å². The van der Waals surface area contributed by atoms with Crippen LogP contribution in [0.3, 0.4) is 0 Å². The smallest absolute Gasteiger partial charge is 0.282 e. The molecule has 26 heavy (non-hydrogen) atoms. The summed E-state index contributed by atoms with van der Waals surface area (Å²) in [6, 6.07) is 10.3. The van der Waals surface area contributed by atoms with Crippen LogP contribution in [0.5, 0.6) is 0 Å². The summed E-state index contributed by atoms with van der Waals surface area (Å²) in [7, 11) is 0. The van der Waals surface area contributed by atoms with Gasteiger partial charge in [0.15, 0.2) is 0 Å². The molecule has 0 aromatic heterocycles. The monoisotopic (exact) mass is 349 g/mol. The van der Waals surface area contributed by atoms with E-state index in [2.05, 4.69) is 11.2 Å². The molecular weight excluding hydrogens is 338 g/mol. The Morgan fingerprint density at radius 1 is 1.19 bits per heavy atom. The zero-order valence-electron chi connectivity index (χ0n) is 13.3. The summed E-state index contributed by atoms with van der Waals surface area (Å²) in [5, 5.41) is 13.6. The first-order valence-corrected chi connectivity index (χ1v) is 7.42. The number of nitrogens with one attached hydrogen (secondary N) is 1. The first-order chi connectivity index (χ1) is 12.4. The molecule has 2 aromatic carbocycles. The molecule has 0 bridgehead atoms. The van der Waals surface area contributed by atoms with Crippen molar-refractivity contribution in [1.82, 2.24) is 4.90 Å². The number of benzene rings is 2. The van der Waals surface area contributed by atoms with Gasteiger partial charge in [-0.25, -0.2) is 0 Å². The van der Waals surface area contributed by atoms with Crippen molar-refractivity contribution in [2.24, 2.45) is 0 Å². The standard InChI is InChI=1S/C18H11N3O5/c1-2-11-5-3-6-12(9-11)19-15(22)10-20-17(23)13-7-4-8-14(21(25)26)16(13)18(20)24/h1,3-9H,10H2,(H,19,22). The summed E-state index contributed by atoms with van der Waals surface area (Å²) in [4.78, 5) is 48.0. The van der Waals surface area contributed by atoms with Gasteiger partial charge in [-0.05, 0) is 24.3 Å². The molecule has 3 amide bonds. The van der Waals surface area contributed by atoms with E-state index < -0.39 is 34.9 Å². The maximum absolute atomic E-state index is 12.4. The van der Waals surface area contributed by atoms with Crippen LogP contribution in [0.1, 0.15) is 26.3 Å². The third-order valence-corrected chi connectivity index (χ3v) is 3.79. The van der Waals surface area contributed by atoms with E-state index in [-0.39, 0.29) is 11.1 Å². The molecule has 0 saturated carbocycles. The fraction of sp³-hybridized carbons (Fsp3) is 0.0556. The minimum absolute atomic E-state index is 0.0914. The van der Waals surface area contributed by atoms with Crippen LogP contribution in [0.15, 0.2) is 42.5 Å².